The van der Waals surface area contributed by atoms with Gasteiger partial charge in [0.2, 0.25) is 0 Å². The summed E-state index contributed by atoms with van der Waals surface area (Å²) in [6.07, 6.45) is 34.4. The Labute approximate surface area is 230 Å². The Hall–Kier alpha value is -0.120. The van der Waals surface area contributed by atoms with Gasteiger partial charge >= 0.3 is 0 Å². The first-order valence-corrected chi connectivity index (χ1v) is 17.6. The summed E-state index contributed by atoms with van der Waals surface area (Å²) in [5.74, 6) is 5.48. The molecule has 3 heterocycles. The Morgan fingerprint density at radius 3 is 1.00 bits per heavy atom. The van der Waals surface area contributed by atoms with Crippen molar-refractivity contribution in [3.05, 3.63) is 0 Å². The third-order valence-electron chi connectivity index (χ3n) is 11.9. The molecule has 37 heavy (non-hydrogen) atoms. The van der Waals surface area contributed by atoms with Crippen LogP contribution in [0.5, 0.6) is 0 Å². The Bertz CT molecular complexity index is 498. The van der Waals surface area contributed by atoms with E-state index in [9.17, 15) is 0 Å². The van der Waals surface area contributed by atoms with Gasteiger partial charge in [0.1, 0.15) is 0 Å². The summed E-state index contributed by atoms with van der Waals surface area (Å²) < 4.78 is 0. The summed E-state index contributed by atoms with van der Waals surface area (Å²) in [4.78, 5) is 0. The van der Waals surface area contributed by atoms with Gasteiger partial charge in [0.25, 0.3) is 0 Å². The monoisotopic (exact) mass is 514 g/mol. The fourth-order valence-electron chi connectivity index (χ4n) is 9.71. The number of piperidine rings is 1. The molecule has 214 valence electrons. The molecule has 0 spiro atoms. The normalized spacial score (nSPS) is 42.2. The van der Waals surface area contributed by atoms with E-state index in [-0.39, 0.29) is 0 Å². The highest BCUT2D eigenvalue weighted by Gasteiger charge is 2.30. The maximum absolute atomic E-state index is 3.62. The van der Waals surface area contributed by atoms with Gasteiger partial charge in [0.05, 0.1) is 0 Å². The van der Waals surface area contributed by atoms with Gasteiger partial charge in [-0.15, -0.1) is 0 Å². The van der Waals surface area contributed by atoms with Crippen LogP contribution in [-0.2, 0) is 0 Å². The van der Waals surface area contributed by atoms with E-state index in [1.807, 2.05) is 0 Å². The Balaban J connectivity index is 0.000000101. The molecule has 0 radical (unpaired) electrons. The van der Waals surface area contributed by atoms with E-state index >= 15 is 0 Å². The van der Waals surface area contributed by atoms with Crippen LogP contribution < -0.4 is 16.0 Å². The largest absolute Gasteiger partial charge is 0.314 e. The van der Waals surface area contributed by atoms with Crippen LogP contribution in [0.3, 0.4) is 0 Å². The lowest BCUT2D eigenvalue weighted by Crippen LogP contribution is -2.42. The van der Waals surface area contributed by atoms with Crippen molar-refractivity contribution < 1.29 is 0 Å². The highest BCUT2D eigenvalue weighted by Crippen LogP contribution is 2.41. The first-order valence-electron chi connectivity index (χ1n) is 17.6. The number of hydrogen-bond acceptors (Lipinski definition) is 3. The highest BCUT2D eigenvalue weighted by atomic mass is 15.0. The third kappa shape index (κ3) is 8.68. The van der Waals surface area contributed by atoms with E-state index in [2.05, 4.69) is 16.0 Å². The first kappa shape index (κ1) is 28.4. The zero-order valence-corrected chi connectivity index (χ0v) is 24.5. The molecule has 0 amide bonds. The smallest absolute Gasteiger partial charge is 0.00958 e. The van der Waals surface area contributed by atoms with Crippen molar-refractivity contribution in [2.75, 3.05) is 19.6 Å². The SMILES string of the molecule is C1CCC2CCCC2C1.C1CCC2NCCC2C1.C1CCC2NCCC2C1.C1CCC2NCCCC2C1. The Morgan fingerprint density at radius 2 is 0.568 bits per heavy atom. The van der Waals surface area contributed by atoms with Crippen molar-refractivity contribution in [2.45, 2.75) is 166 Å². The van der Waals surface area contributed by atoms with Crippen LogP contribution in [0.4, 0.5) is 0 Å². The van der Waals surface area contributed by atoms with Crippen molar-refractivity contribution in [3.8, 4) is 0 Å². The van der Waals surface area contributed by atoms with Crippen molar-refractivity contribution in [3.63, 3.8) is 0 Å². The third-order valence-corrected chi connectivity index (χ3v) is 11.9. The predicted molar refractivity (Wildman–Crippen MR) is 159 cm³/mol. The lowest BCUT2D eigenvalue weighted by Gasteiger charge is -2.36. The molecule has 3 nitrogen and oxygen atoms in total. The molecule has 0 bridgehead atoms. The molecular weight excluding hydrogens is 450 g/mol. The minimum atomic E-state index is 0.905. The van der Waals surface area contributed by atoms with Gasteiger partial charge in [-0.05, 0) is 113 Å². The molecule has 8 unspecified atom stereocenters. The summed E-state index contributed by atoms with van der Waals surface area (Å²) in [7, 11) is 0. The molecular formula is C34H63N3. The standard InChI is InChI=1S/C9H17N.C9H16.2C8H15N/c1-2-6-9-8(4-1)5-3-7-10-9;1-2-5-9-7-3-6-8(9)4-1;2*1-2-4-8-7(3-1)5-6-9-8/h8-10H,1-7H2;8-9H,1-7H2;2*7-9H,1-6H2. The molecule has 0 aromatic carbocycles. The second-order valence-corrected chi connectivity index (χ2v) is 14.3. The van der Waals surface area contributed by atoms with Crippen LogP contribution in [0.15, 0.2) is 0 Å². The molecule has 0 aromatic heterocycles. The van der Waals surface area contributed by atoms with Crippen molar-refractivity contribution in [1.29, 1.82) is 0 Å². The van der Waals surface area contributed by atoms with Crippen molar-refractivity contribution in [1.82, 2.24) is 16.0 Å². The van der Waals surface area contributed by atoms with Gasteiger partial charge in [-0.25, -0.2) is 0 Å². The van der Waals surface area contributed by atoms with Gasteiger partial charge in [0.15, 0.2) is 0 Å². The van der Waals surface area contributed by atoms with Crippen LogP contribution in [-0.4, -0.2) is 37.8 Å². The molecule has 3 aliphatic heterocycles. The van der Waals surface area contributed by atoms with Crippen LogP contribution in [0.2, 0.25) is 0 Å². The number of nitrogens with one attached hydrogen (secondary N) is 3. The second kappa shape index (κ2) is 15.6. The minimum Gasteiger partial charge on any atom is -0.314 e. The fraction of sp³-hybridized carbons (Fsp3) is 1.00. The molecule has 3 saturated heterocycles. The summed E-state index contributed by atoms with van der Waals surface area (Å²) in [5.41, 5.74) is 0. The van der Waals surface area contributed by atoms with Crippen LogP contribution in [0, 0.1) is 29.6 Å². The quantitative estimate of drug-likeness (QED) is 0.307. The summed E-state index contributed by atoms with van der Waals surface area (Å²) in [5, 5.41) is 10.7. The maximum atomic E-state index is 3.62. The molecule has 8 fully saturated rings. The topological polar surface area (TPSA) is 36.1 Å². The van der Waals surface area contributed by atoms with Gasteiger partial charge in [-0.2, -0.15) is 0 Å². The van der Waals surface area contributed by atoms with E-state index in [0.717, 1.165) is 35.9 Å². The number of hydrogen-bond donors (Lipinski definition) is 3. The molecule has 5 saturated carbocycles. The molecule has 0 aromatic rings. The molecule has 8 rings (SSSR count). The lowest BCUT2D eigenvalue weighted by atomic mass is 9.80. The lowest BCUT2D eigenvalue weighted by molar-refractivity contribution is 0.212. The van der Waals surface area contributed by atoms with E-state index in [1.54, 1.807) is 25.7 Å². The highest BCUT2D eigenvalue weighted by molar-refractivity contribution is 4.87. The van der Waals surface area contributed by atoms with Crippen LogP contribution in [0.25, 0.3) is 0 Å². The van der Waals surface area contributed by atoms with Gasteiger partial charge in [-0.1, -0.05) is 83.5 Å². The molecule has 3 heteroatoms. The number of rotatable bonds is 0. The van der Waals surface area contributed by atoms with Crippen molar-refractivity contribution >= 4 is 0 Å². The minimum absolute atomic E-state index is 0.905. The predicted octanol–water partition coefficient (Wildman–Crippen LogP) is 7.98. The zero-order chi connectivity index (χ0) is 25.1. The Morgan fingerprint density at radius 1 is 0.243 bits per heavy atom. The second-order valence-electron chi connectivity index (χ2n) is 14.3. The first-order chi connectivity index (χ1) is 18.4. The van der Waals surface area contributed by atoms with Crippen LogP contribution >= 0.6 is 0 Å². The van der Waals surface area contributed by atoms with Crippen LogP contribution in [0.1, 0.15) is 148 Å². The van der Waals surface area contributed by atoms with Gasteiger partial charge < -0.3 is 16.0 Å². The van der Waals surface area contributed by atoms with E-state index in [4.69, 9.17) is 0 Å². The maximum Gasteiger partial charge on any atom is 0.00958 e. The average molecular weight is 514 g/mol. The number of fused-ring (bicyclic) bond motifs is 4. The van der Waals surface area contributed by atoms with Crippen molar-refractivity contribution in [2.24, 2.45) is 29.6 Å². The van der Waals surface area contributed by atoms with E-state index in [0.29, 0.717) is 0 Å². The van der Waals surface area contributed by atoms with Gasteiger partial charge in [-0.3, -0.25) is 0 Å². The van der Waals surface area contributed by atoms with Gasteiger partial charge in [0, 0.05) is 18.1 Å². The van der Waals surface area contributed by atoms with E-state index < -0.39 is 0 Å². The zero-order valence-electron chi connectivity index (χ0n) is 24.5. The molecule has 8 aliphatic rings. The molecule has 3 N–H and O–H groups in total. The summed E-state index contributed by atoms with van der Waals surface area (Å²) in [6, 6.07) is 2.74. The molecule has 8 atom stereocenters. The fourth-order valence-corrected chi connectivity index (χ4v) is 9.71. The molecule has 5 aliphatic carbocycles. The summed E-state index contributed by atoms with van der Waals surface area (Å²) >= 11 is 0. The summed E-state index contributed by atoms with van der Waals surface area (Å²) in [6.45, 7) is 3.85. The Kier molecular flexibility index (Phi) is 12.0. The average Bonchev–Trinajstić information content (AvgIpc) is 3.75. The van der Waals surface area contributed by atoms with E-state index in [1.165, 1.54) is 153 Å².